The number of aliphatic hydroxyl groups is 1. The summed E-state index contributed by atoms with van der Waals surface area (Å²) in [6.07, 6.45) is -1.81. The van der Waals surface area contributed by atoms with Crippen molar-refractivity contribution < 1.29 is 19.4 Å². The number of carbonyl (C=O) groups excluding carboxylic acids is 1. The summed E-state index contributed by atoms with van der Waals surface area (Å²) in [6.45, 7) is 0.499. The summed E-state index contributed by atoms with van der Waals surface area (Å²) in [4.78, 5) is 12.1. The summed E-state index contributed by atoms with van der Waals surface area (Å²) < 4.78 is 10.7. The molecule has 4 heteroatoms. The highest BCUT2D eigenvalue weighted by Crippen LogP contribution is 2.30. The zero-order valence-corrected chi connectivity index (χ0v) is 12.1. The molecule has 1 aliphatic rings. The molecule has 1 saturated heterocycles. The van der Waals surface area contributed by atoms with E-state index in [1.54, 1.807) is 0 Å². The second-order valence-corrected chi connectivity index (χ2v) is 5.36. The van der Waals surface area contributed by atoms with Gasteiger partial charge < -0.3 is 14.6 Å². The van der Waals surface area contributed by atoms with Crippen molar-refractivity contribution >= 4 is 5.97 Å². The Bertz CT molecular complexity index is 611. The minimum Gasteiger partial charge on any atom is -0.459 e. The predicted octanol–water partition coefficient (Wildman–Crippen LogP) is 2.27. The van der Waals surface area contributed by atoms with E-state index in [2.05, 4.69) is 0 Å². The number of carbonyl (C=O) groups is 1. The summed E-state index contributed by atoms with van der Waals surface area (Å²) in [5, 5.41) is 10.3. The van der Waals surface area contributed by atoms with Crippen LogP contribution in [0, 0.1) is 0 Å². The standard InChI is InChI=1S/C18H18O4/c19-16-15(14-9-5-2-6-10-14)12-21-17(16)18(20)22-11-13-7-3-1-4-8-13/h1-10,15-17,19H,11-12H2/t15-,16+,17+/m1/s1. The van der Waals surface area contributed by atoms with Crippen molar-refractivity contribution in [3.63, 3.8) is 0 Å². The molecular formula is C18H18O4. The molecule has 2 aromatic rings. The topological polar surface area (TPSA) is 55.8 Å². The van der Waals surface area contributed by atoms with Gasteiger partial charge in [0.15, 0.2) is 6.10 Å². The molecule has 0 amide bonds. The van der Waals surface area contributed by atoms with E-state index in [0.717, 1.165) is 11.1 Å². The quantitative estimate of drug-likeness (QED) is 0.880. The zero-order valence-electron chi connectivity index (χ0n) is 12.1. The SMILES string of the molecule is O=C(OCc1ccccc1)[C@H]1OC[C@H](c2ccccc2)[C@@H]1O. The predicted molar refractivity (Wildman–Crippen MR) is 81.2 cm³/mol. The minimum atomic E-state index is -0.922. The summed E-state index contributed by atoms with van der Waals surface area (Å²) in [6, 6.07) is 19.0. The van der Waals surface area contributed by atoms with E-state index in [1.807, 2.05) is 60.7 Å². The van der Waals surface area contributed by atoms with Crippen molar-refractivity contribution in [2.45, 2.75) is 24.7 Å². The lowest BCUT2D eigenvalue weighted by Crippen LogP contribution is -2.34. The first-order valence-corrected chi connectivity index (χ1v) is 7.31. The van der Waals surface area contributed by atoms with Crippen molar-refractivity contribution in [2.75, 3.05) is 6.61 Å². The number of ether oxygens (including phenoxy) is 2. The molecule has 0 spiro atoms. The lowest BCUT2D eigenvalue weighted by molar-refractivity contribution is -0.159. The van der Waals surface area contributed by atoms with Crippen molar-refractivity contribution in [3.8, 4) is 0 Å². The van der Waals surface area contributed by atoms with E-state index in [9.17, 15) is 9.90 Å². The smallest absolute Gasteiger partial charge is 0.338 e. The van der Waals surface area contributed by atoms with Crippen LogP contribution in [-0.2, 0) is 20.9 Å². The van der Waals surface area contributed by atoms with Crippen LogP contribution in [-0.4, -0.2) is 29.9 Å². The Balaban J connectivity index is 1.60. The maximum absolute atomic E-state index is 12.1. The Morgan fingerprint density at radius 2 is 1.73 bits per heavy atom. The summed E-state index contributed by atoms with van der Waals surface area (Å²) in [5.41, 5.74) is 1.87. The molecule has 1 heterocycles. The van der Waals surface area contributed by atoms with Gasteiger partial charge in [0.1, 0.15) is 12.7 Å². The van der Waals surface area contributed by atoms with Crippen molar-refractivity contribution in [1.29, 1.82) is 0 Å². The first-order valence-electron chi connectivity index (χ1n) is 7.31. The van der Waals surface area contributed by atoms with Crippen LogP contribution in [0.5, 0.6) is 0 Å². The number of aliphatic hydroxyl groups excluding tert-OH is 1. The number of benzene rings is 2. The fourth-order valence-corrected chi connectivity index (χ4v) is 2.63. The maximum atomic E-state index is 12.1. The number of rotatable bonds is 4. The molecule has 1 N–H and O–H groups in total. The molecule has 3 rings (SSSR count). The lowest BCUT2D eigenvalue weighted by Gasteiger charge is -2.16. The van der Waals surface area contributed by atoms with E-state index in [-0.39, 0.29) is 12.5 Å². The third-order valence-electron chi connectivity index (χ3n) is 3.86. The Hall–Kier alpha value is -2.17. The van der Waals surface area contributed by atoms with Gasteiger partial charge in [-0.3, -0.25) is 0 Å². The third kappa shape index (κ3) is 3.18. The van der Waals surface area contributed by atoms with Gasteiger partial charge in [-0.25, -0.2) is 4.79 Å². The van der Waals surface area contributed by atoms with Crippen molar-refractivity contribution in [1.82, 2.24) is 0 Å². The second-order valence-electron chi connectivity index (χ2n) is 5.36. The third-order valence-corrected chi connectivity index (χ3v) is 3.86. The van der Waals surface area contributed by atoms with Crippen LogP contribution in [0.1, 0.15) is 17.0 Å². The van der Waals surface area contributed by atoms with Gasteiger partial charge in [0.2, 0.25) is 0 Å². The molecule has 0 unspecified atom stereocenters. The van der Waals surface area contributed by atoms with Gasteiger partial charge in [-0.1, -0.05) is 60.7 Å². The van der Waals surface area contributed by atoms with Gasteiger partial charge in [-0.2, -0.15) is 0 Å². The largest absolute Gasteiger partial charge is 0.459 e. The highest BCUT2D eigenvalue weighted by molar-refractivity contribution is 5.76. The lowest BCUT2D eigenvalue weighted by atomic mass is 9.93. The number of esters is 1. The molecule has 0 saturated carbocycles. The normalized spacial score (nSPS) is 24.1. The molecule has 0 aromatic heterocycles. The molecule has 0 aliphatic carbocycles. The van der Waals surface area contributed by atoms with Gasteiger partial charge in [0.25, 0.3) is 0 Å². The minimum absolute atomic E-state index is 0.183. The highest BCUT2D eigenvalue weighted by atomic mass is 16.6. The van der Waals surface area contributed by atoms with Gasteiger partial charge >= 0.3 is 5.97 Å². The summed E-state index contributed by atoms with van der Waals surface area (Å²) >= 11 is 0. The Morgan fingerprint density at radius 1 is 1.09 bits per heavy atom. The molecular weight excluding hydrogens is 280 g/mol. The number of hydrogen-bond acceptors (Lipinski definition) is 4. The van der Waals surface area contributed by atoms with Crippen LogP contribution in [0.25, 0.3) is 0 Å². The summed E-state index contributed by atoms with van der Waals surface area (Å²) in [7, 11) is 0. The van der Waals surface area contributed by atoms with E-state index in [0.29, 0.717) is 6.61 Å². The molecule has 22 heavy (non-hydrogen) atoms. The summed E-state index contributed by atoms with van der Waals surface area (Å²) in [5.74, 6) is -0.717. The van der Waals surface area contributed by atoms with Crippen LogP contribution in [0.3, 0.4) is 0 Å². The fourth-order valence-electron chi connectivity index (χ4n) is 2.63. The first kappa shape index (κ1) is 14.8. The van der Waals surface area contributed by atoms with Gasteiger partial charge in [0.05, 0.1) is 6.61 Å². The molecule has 0 bridgehead atoms. The Labute approximate surface area is 129 Å². The van der Waals surface area contributed by atoms with E-state index in [1.165, 1.54) is 0 Å². The average Bonchev–Trinajstić information content (AvgIpc) is 2.96. The van der Waals surface area contributed by atoms with E-state index in [4.69, 9.17) is 9.47 Å². The molecule has 4 nitrogen and oxygen atoms in total. The zero-order chi connectivity index (χ0) is 15.4. The Kier molecular flexibility index (Phi) is 4.51. The van der Waals surface area contributed by atoms with Crippen molar-refractivity contribution in [3.05, 3.63) is 71.8 Å². The molecule has 0 radical (unpaired) electrons. The maximum Gasteiger partial charge on any atom is 0.338 e. The van der Waals surface area contributed by atoms with Crippen LogP contribution < -0.4 is 0 Å². The van der Waals surface area contributed by atoms with Crippen LogP contribution >= 0.6 is 0 Å². The molecule has 2 aromatic carbocycles. The van der Waals surface area contributed by atoms with Crippen molar-refractivity contribution in [2.24, 2.45) is 0 Å². The average molecular weight is 298 g/mol. The van der Waals surface area contributed by atoms with Crippen LogP contribution in [0.15, 0.2) is 60.7 Å². The number of hydrogen-bond donors (Lipinski definition) is 1. The highest BCUT2D eigenvalue weighted by Gasteiger charge is 2.42. The van der Waals surface area contributed by atoms with Crippen LogP contribution in [0.2, 0.25) is 0 Å². The fraction of sp³-hybridized carbons (Fsp3) is 0.278. The van der Waals surface area contributed by atoms with Crippen LogP contribution in [0.4, 0.5) is 0 Å². The van der Waals surface area contributed by atoms with Gasteiger partial charge in [-0.05, 0) is 11.1 Å². The molecule has 114 valence electrons. The first-order chi connectivity index (χ1) is 10.8. The molecule has 3 atom stereocenters. The van der Waals surface area contributed by atoms with Gasteiger partial charge in [0, 0.05) is 5.92 Å². The van der Waals surface area contributed by atoms with E-state index >= 15 is 0 Å². The second kappa shape index (κ2) is 6.73. The van der Waals surface area contributed by atoms with Gasteiger partial charge in [-0.15, -0.1) is 0 Å². The molecule has 1 fully saturated rings. The van der Waals surface area contributed by atoms with E-state index < -0.39 is 18.2 Å². The molecule has 1 aliphatic heterocycles. The Morgan fingerprint density at radius 3 is 2.41 bits per heavy atom. The monoisotopic (exact) mass is 298 g/mol.